The molecular weight excluding hydrogens is 334 g/mol. The highest BCUT2D eigenvalue weighted by atomic mass is 32.2. The van der Waals surface area contributed by atoms with E-state index in [1.165, 1.54) is 29.3 Å². The molecule has 23 heavy (non-hydrogen) atoms. The lowest BCUT2D eigenvalue weighted by Crippen LogP contribution is -2.21. The van der Waals surface area contributed by atoms with E-state index in [4.69, 9.17) is 10.5 Å². The van der Waals surface area contributed by atoms with Gasteiger partial charge in [0.05, 0.1) is 31.0 Å². The molecule has 3 heterocycles. The number of carbonyl (C=O) groups is 1. The maximum Gasteiger partial charge on any atom is 0.316 e. The predicted molar refractivity (Wildman–Crippen MR) is 91.8 cm³/mol. The molecule has 0 bridgehead atoms. The molecule has 124 valence electrons. The second kappa shape index (κ2) is 7.02. The highest BCUT2D eigenvalue weighted by Crippen LogP contribution is 2.38. The predicted octanol–water partition coefficient (Wildman–Crippen LogP) is 2.78. The number of anilines is 1. The summed E-state index contributed by atoms with van der Waals surface area (Å²) in [5.41, 5.74) is 7.40. The van der Waals surface area contributed by atoms with Crippen LogP contribution in [0.4, 0.5) is 5.82 Å². The van der Waals surface area contributed by atoms with Gasteiger partial charge in [0.15, 0.2) is 5.16 Å². The topological polar surface area (TPSA) is 87.3 Å². The Kier molecular flexibility index (Phi) is 5.03. The Morgan fingerprint density at radius 3 is 3.09 bits per heavy atom. The monoisotopic (exact) mass is 353 g/mol. The summed E-state index contributed by atoms with van der Waals surface area (Å²) >= 11 is 2.84. The van der Waals surface area contributed by atoms with Crippen LogP contribution in [0.15, 0.2) is 5.16 Å². The Hall–Kier alpha value is -1.38. The van der Waals surface area contributed by atoms with Crippen LogP contribution in [0.1, 0.15) is 30.2 Å². The summed E-state index contributed by atoms with van der Waals surface area (Å²) in [6.07, 6.45) is 3.26. The van der Waals surface area contributed by atoms with Gasteiger partial charge in [-0.05, 0) is 12.0 Å². The SMILES string of the molecule is CCC[C@@H]1Cc2c(sc3nc(SCC(=O)OC)nc(N)c23)CO1. The number of fused-ring (bicyclic) bond motifs is 3. The Morgan fingerprint density at radius 2 is 2.35 bits per heavy atom. The minimum Gasteiger partial charge on any atom is -0.468 e. The van der Waals surface area contributed by atoms with Crippen molar-refractivity contribution in [2.45, 2.75) is 44.1 Å². The molecular formula is C15H19N3O3S2. The van der Waals surface area contributed by atoms with Crippen molar-refractivity contribution >= 4 is 45.1 Å². The average Bonchev–Trinajstić information content (AvgIpc) is 2.91. The standard InChI is InChI=1S/C15H19N3O3S2/c1-3-4-8-5-9-10(6-21-8)23-14-12(9)13(16)17-15(18-14)22-7-11(19)20-2/h8H,3-7H2,1-2H3,(H2,16,17,18)/t8-/m1/s1. The van der Waals surface area contributed by atoms with E-state index in [0.717, 1.165) is 29.5 Å². The molecule has 0 aromatic carbocycles. The van der Waals surface area contributed by atoms with Gasteiger partial charge in [-0.2, -0.15) is 0 Å². The second-order valence-electron chi connectivity index (χ2n) is 5.37. The van der Waals surface area contributed by atoms with Crippen molar-refractivity contribution in [1.82, 2.24) is 9.97 Å². The van der Waals surface area contributed by atoms with Crippen LogP contribution in [0.25, 0.3) is 10.2 Å². The normalized spacial score (nSPS) is 17.2. The van der Waals surface area contributed by atoms with Crippen LogP contribution in [-0.2, 0) is 27.3 Å². The number of nitrogens with zero attached hydrogens (tertiary/aromatic N) is 2. The van der Waals surface area contributed by atoms with Crippen LogP contribution >= 0.6 is 23.1 Å². The van der Waals surface area contributed by atoms with Crippen LogP contribution in [0, 0.1) is 0 Å². The summed E-state index contributed by atoms with van der Waals surface area (Å²) in [6, 6.07) is 0. The Balaban J connectivity index is 1.90. The third-order valence-electron chi connectivity index (χ3n) is 3.78. The van der Waals surface area contributed by atoms with Gasteiger partial charge in [0.1, 0.15) is 10.6 Å². The van der Waals surface area contributed by atoms with Crippen molar-refractivity contribution in [3.05, 3.63) is 10.4 Å². The fraction of sp³-hybridized carbons (Fsp3) is 0.533. The zero-order valence-corrected chi connectivity index (χ0v) is 14.8. The second-order valence-corrected chi connectivity index (χ2v) is 7.39. The summed E-state index contributed by atoms with van der Waals surface area (Å²) in [4.78, 5) is 22.2. The van der Waals surface area contributed by atoms with Crippen molar-refractivity contribution < 1.29 is 14.3 Å². The summed E-state index contributed by atoms with van der Waals surface area (Å²) in [6.45, 7) is 2.78. The van der Waals surface area contributed by atoms with Gasteiger partial charge in [0.2, 0.25) is 0 Å². The molecule has 6 nitrogen and oxygen atoms in total. The van der Waals surface area contributed by atoms with E-state index in [0.29, 0.717) is 17.6 Å². The zero-order chi connectivity index (χ0) is 16.4. The molecule has 1 aliphatic rings. The Morgan fingerprint density at radius 1 is 1.52 bits per heavy atom. The molecule has 2 N–H and O–H groups in total. The quantitative estimate of drug-likeness (QED) is 0.502. The van der Waals surface area contributed by atoms with Gasteiger partial charge in [0.25, 0.3) is 0 Å². The van der Waals surface area contributed by atoms with Crippen LogP contribution in [-0.4, -0.2) is 34.9 Å². The van der Waals surface area contributed by atoms with Crippen LogP contribution in [0.5, 0.6) is 0 Å². The number of thioether (sulfide) groups is 1. The van der Waals surface area contributed by atoms with Crippen molar-refractivity contribution in [1.29, 1.82) is 0 Å². The summed E-state index contributed by atoms with van der Waals surface area (Å²) in [5, 5.41) is 1.46. The molecule has 3 rings (SSSR count). The molecule has 0 radical (unpaired) electrons. The Bertz CT molecular complexity index is 732. The van der Waals surface area contributed by atoms with E-state index >= 15 is 0 Å². The summed E-state index contributed by atoms with van der Waals surface area (Å²) in [5.74, 6) is 0.351. The van der Waals surface area contributed by atoms with Crippen LogP contribution < -0.4 is 5.73 Å². The lowest BCUT2D eigenvalue weighted by molar-refractivity contribution is -0.137. The van der Waals surface area contributed by atoms with Gasteiger partial charge in [0, 0.05) is 11.3 Å². The molecule has 0 spiro atoms. The first-order chi connectivity index (χ1) is 11.1. The van der Waals surface area contributed by atoms with E-state index in [1.54, 1.807) is 11.3 Å². The van der Waals surface area contributed by atoms with Crippen molar-refractivity contribution in [2.75, 3.05) is 18.6 Å². The lowest BCUT2D eigenvalue weighted by Gasteiger charge is -2.22. The maximum absolute atomic E-state index is 11.2. The van der Waals surface area contributed by atoms with Gasteiger partial charge in [-0.15, -0.1) is 11.3 Å². The molecule has 0 saturated carbocycles. The lowest BCUT2D eigenvalue weighted by atomic mass is 10.0. The molecule has 2 aromatic rings. The van der Waals surface area contributed by atoms with Crippen molar-refractivity contribution in [2.24, 2.45) is 0 Å². The number of esters is 1. The molecule has 0 saturated heterocycles. The minimum atomic E-state index is -0.307. The molecule has 2 aromatic heterocycles. The van der Waals surface area contributed by atoms with E-state index in [9.17, 15) is 4.79 Å². The smallest absolute Gasteiger partial charge is 0.316 e. The molecule has 1 aliphatic heterocycles. The van der Waals surface area contributed by atoms with Gasteiger partial charge in [-0.3, -0.25) is 4.79 Å². The molecule has 0 unspecified atom stereocenters. The third-order valence-corrected chi connectivity index (χ3v) is 5.70. The number of nitrogens with two attached hydrogens (primary N) is 1. The molecule has 0 aliphatic carbocycles. The number of aromatic nitrogens is 2. The number of thiophene rings is 1. The first kappa shape index (κ1) is 16.5. The van der Waals surface area contributed by atoms with E-state index < -0.39 is 0 Å². The van der Waals surface area contributed by atoms with E-state index in [1.807, 2.05) is 0 Å². The van der Waals surface area contributed by atoms with Gasteiger partial charge in [-0.25, -0.2) is 9.97 Å². The maximum atomic E-state index is 11.2. The highest BCUT2D eigenvalue weighted by molar-refractivity contribution is 7.99. The molecule has 0 fully saturated rings. The molecule has 0 amide bonds. The van der Waals surface area contributed by atoms with Gasteiger partial charge in [-0.1, -0.05) is 25.1 Å². The number of hydrogen-bond acceptors (Lipinski definition) is 8. The summed E-state index contributed by atoms with van der Waals surface area (Å²) < 4.78 is 10.5. The van der Waals surface area contributed by atoms with Crippen LogP contribution in [0.2, 0.25) is 0 Å². The van der Waals surface area contributed by atoms with Crippen LogP contribution in [0.3, 0.4) is 0 Å². The number of ether oxygens (including phenoxy) is 2. The molecule has 1 atom stereocenters. The fourth-order valence-corrected chi connectivity index (χ4v) is 4.55. The highest BCUT2D eigenvalue weighted by Gasteiger charge is 2.25. The summed E-state index contributed by atoms with van der Waals surface area (Å²) in [7, 11) is 1.36. The number of hydrogen-bond donors (Lipinski definition) is 1. The minimum absolute atomic E-state index is 0.175. The van der Waals surface area contributed by atoms with Gasteiger partial charge >= 0.3 is 5.97 Å². The Labute approximate surface area is 142 Å². The van der Waals surface area contributed by atoms with Crippen molar-refractivity contribution in [3.63, 3.8) is 0 Å². The largest absolute Gasteiger partial charge is 0.468 e. The average molecular weight is 353 g/mol. The molecule has 8 heteroatoms. The first-order valence-corrected chi connectivity index (χ1v) is 9.31. The van der Waals surface area contributed by atoms with Gasteiger partial charge < -0.3 is 15.2 Å². The number of rotatable bonds is 5. The van der Waals surface area contributed by atoms with Crippen molar-refractivity contribution in [3.8, 4) is 0 Å². The zero-order valence-electron chi connectivity index (χ0n) is 13.1. The number of carbonyl (C=O) groups excluding carboxylic acids is 1. The number of nitrogen functional groups attached to an aromatic ring is 1. The first-order valence-electron chi connectivity index (χ1n) is 7.51. The third kappa shape index (κ3) is 3.44. The van der Waals surface area contributed by atoms with E-state index in [-0.39, 0.29) is 17.8 Å². The fourth-order valence-electron chi connectivity index (χ4n) is 2.68. The number of methoxy groups -OCH3 is 1. The van der Waals surface area contributed by atoms with E-state index in [2.05, 4.69) is 21.6 Å².